The minimum Gasteiger partial charge on any atom is -0.356 e. The zero-order valence-electron chi connectivity index (χ0n) is 11.8. The normalized spacial score (nSPS) is 21.4. The Bertz CT molecular complexity index is 398. The van der Waals surface area contributed by atoms with E-state index in [1.165, 1.54) is 19.3 Å². The summed E-state index contributed by atoms with van der Waals surface area (Å²) in [6.45, 7) is 8.94. The molecule has 3 nitrogen and oxygen atoms in total. The molecule has 0 saturated carbocycles. The first-order valence-corrected chi connectivity index (χ1v) is 6.95. The van der Waals surface area contributed by atoms with Gasteiger partial charge in [0.1, 0.15) is 5.82 Å². The lowest BCUT2D eigenvalue weighted by atomic mass is 9.85. The van der Waals surface area contributed by atoms with E-state index in [0.717, 1.165) is 24.5 Å². The van der Waals surface area contributed by atoms with Gasteiger partial charge in [-0.2, -0.15) is 0 Å². The molecule has 2 rings (SSSR count). The summed E-state index contributed by atoms with van der Waals surface area (Å²) < 4.78 is 0. The fraction of sp³-hybridized carbons (Fsp3) is 0.667. The Balaban J connectivity index is 2.21. The Kier molecular flexibility index (Phi) is 3.91. The molecule has 100 valence electrons. The van der Waals surface area contributed by atoms with Crippen LogP contribution in [0.15, 0.2) is 18.3 Å². The van der Waals surface area contributed by atoms with Crippen molar-refractivity contribution in [1.29, 1.82) is 0 Å². The summed E-state index contributed by atoms with van der Waals surface area (Å²) in [5.74, 6) is 1.09. The summed E-state index contributed by atoms with van der Waals surface area (Å²) in [4.78, 5) is 6.97. The Morgan fingerprint density at radius 1 is 1.33 bits per heavy atom. The lowest BCUT2D eigenvalue weighted by Gasteiger charge is -2.26. The second-order valence-corrected chi connectivity index (χ2v) is 6.21. The Morgan fingerprint density at radius 2 is 2.11 bits per heavy atom. The highest BCUT2D eigenvalue weighted by Crippen LogP contribution is 2.32. The van der Waals surface area contributed by atoms with E-state index in [1.54, 1.807) is 0 Å². The molecule has 2 N–H and O–H groups in total. The predicted octanol–water partition coefficient (Wildman–Crippen LogP) is 3.12. The van der Waals surface area contributed by atoms with Gasteiger partial charge in [-0.3, -0.25) is 0 Å². The SMILES string of the molecule is C[C@H](N)c1cccnc1N1CCCC(C)(C)CC1. The molecule has 0 bridgehead atoms. The second kappa shape index (κ2) is 5.27. The average Bonchev–Trinajstić information content (AvgIpc) is 2.50. The molecule has 1 fully saturated rings. The highest BCUT2D eigenvalue weighted by atomic mass is 15.2. The molecule has 1 aliphatic heterocycles. The van der Waals surface area contributed by atoms with Gasteiger partial charge in [0.05, 0.1) is 0 Å². The molecule has 0 unspecified atom stereocenters. The maximum absolute atomic E-state index is 6.05. The first-order valence-electron chi connectivity index (χ1n) is 6.95. The van der Waals surface area contributed by atoms with Crippen LogP contribution in [0.25, 0.3) is 0 Å². The van der Waals surface area contributed by atoms with Crippen molar-refractivity contribution in [1.82, 2.24) is 4.98 Å². The van der Waals surface area contributed by atoms with Crippen molar-refractivity contribution < 1.29 is 0 Å². The maximum Gasteiger partial charge on any atom is 0.133 e. The van der Waals surface area contributed by atoms with E-state index in [1.807, 2.05) is 19.2 Å². The summed E-state index contributed by atoms with van der Waals surface area (Å²) >= 11 is 0. The smallest absolute Gasteiger partial charge is 0.133 e. The van der Waals surface area contributed by atoms with E-state index < -0.39 is 0 Å². The van der Waals surface area contributed by atoms with Crippen molar-refractivity contribution in [3.63, 3.8) is 0 Å². The Labute approximate surface area is 110 Å². The topological polar surface area (TPSA) is 42.1 Å². The Hall–Kier alpha value is -1.09. The number of hydrogen-bond donors (Lipinski definition) is 1. The fourth-order valence-corrected chi connectivity index (χ4v) is 2.66. The second-order valence-electron chi connectivity index (χ2n) is 6.21. The molecule has 1 aromatic heterocycles. The van der Waals surface area contributed by atoms with Crippen LogP contribution in [0.2, 0.25) is 0 Å². The first kappa shape index (κ1) is 13.3. The van der Waals surface area contributed by atoms with Gasteiger partial charge in [-0.15, -0.1) is 0 Å². The van der Waals surface area contributed by atoms with E-state index in [2.05, 4.69) is 29.8 Å². The van der Waals surface area contributed by atoms with Crippen LogP contribution in [0.5, 0.6) is 0 Å². The van der Waals surface area contributed by atoms with Gasteiger partial charge in [0.2, 0.25) is 0 Å². The zero-order chi connectivity index (χ0) is 13.2. The van der Waals surface area contributed by atoms with Crippen LogP contribution >= 0.6 is 0 Å². The summed E-state index contributed by atoms with van der Waals surface area (Å²) in [7, 11) is 0. The summed E-state index contributed by atoms with van der Waals surface area (Å²) in [5.41, 5.74) is 7.67. The van der Waals surface area contributed by atoms with E-state index in [0.29, 0.717) is 5.41 Å². The summed E-state index contributed by atoms with van der Waals surface area (Å²) in [5, 5.41) is 0. The monoisotopic (exact) mass is 247 g/mol. The summed E-state index contributed by atoms with van der Waals surface area (Å²) in [6.07, 6.45) is 5.63. The van der Waals surface area contributed by atoms with E-state index >= 15 is 0 Å². The number of rotatable bonds is 2. The number of anilines is 1. The van der Waals surface area contributed by atoms with Crippen molar-refractivity contribution in [2.45, 2.75) is 46.1 Å². The molecule has 1 aliphatic rings. The quantitative estimate of drug-likeness (QED) is 0.873. The third-order valence-corrected chi connectivity index (χ3v) is 3.95. The van der Waals surface area contributed by atoms with E-state index in [4.69, 9.17) is 5.73 Å². The predicted molar refractivity (Wildman–Crippen MR) is 76.7 cm³/mol. The number of pyridine rings is 1. The molecule has 0 aliphatic carbocycles. The van der Waals surface area contributed by atoms with Gasteiger partial charge in [0, 0.05) is 30.9 Å². The molecule has 2 heterocycles. The summed E-state index contributed by atoms with van der Waals surface area (Å²) in [6, 6.07) is 4.12. The van der Waals surface area contributed by atoms with Crippen LogP contribution in [-0.2, 0) is 0 Å². The van der Waals surface area contributed by atoms with E-state index in [9.17, 15) is 0 Å². The molecular formula is C15H25N3. The van der Waals surface area contributed by atoms with Gasteiger partial charge >= 0.3 is 0 Å². The molecule has 0 aromatic carbocycles. The molecule has 3 heteroatoms. The van der Waals surface area contributed by atoms with Crippen LogP contribution < -0.4 is 10.6 Å². The largest absolute Gasteiger partial charge is 0.356 e. The minimum absolute atomic E-state index is 0.0463. The van der Waals surface area contributed by atoms with Crippen molar-refractivity contribution in [2.24, 2.45) is 11.1 Å². The Morgan fingerprint density at radius 3 is 2.83 bits per heavy atom. The fourth-order valence-electron chi connectivity index (χ4n) is 2.66. The average molecular weight is 247 g/mol. The maximum atomic E-state index is 6.05. The van der Waals surface area contributed by atoms with Crippen molar-refractivity contribution in [3.8, 4) is 0 Å². The molecule has 0 radical (unpaired) electrons. The molecule has 0 spiro atoms. The zero-order valence-corrected chi connectivity index (χ0v) is 11.8. The van der Waals surface area contributed by atoms with Gasteiger partial charge in [-0.1, -0.05) is 19.9 Å². The van der Waals surface area contributed by atoms with Gasteiger partial charge in [-0.25, -0.2) is 4.98 Å². The molecule has 1 aromatic rings. The number of hydrogen-bond acceptors (Lipinski definition) is 3. The van der Waals surface area contributed by atoms with Gasteiger partial charge < -0.3 is 10.6 Å². The lowest BCUT2D eigenvalue weighted by molar-refractivity contribution is 0.325. The van der Waals surface area contributed by atoms with Crippen molar-refractivity contribution >= 4 is 5.82 Å². The number of aromatic nitrogens is 1. The van der Waals surface area contributed by atoms with Gasteiger partial charge in [0.25, 0.3) is 0 Å². The third kappa shape index (κ3) is 3.02. The molecule has 0 amide bonds. The van der Waals surface area contributed by atoms with Crippen LogP contribution in [-0.4, -0.2) is 18.1 Å². The lowest BCUT2D eigenvalue weighted by Crippen LogP contribution is -2.28. The number of nitrogens with zero attached hydrogens (tertiary/aromatic N) is 2. The standard InChI is InChI=1S/C15H25N3/c1-12(16)13-6-4-9-17-14(13)18-10-5-7-15(2,3)8-11-18/h4,6,9,12H,5,7-8,10-11,16H2,1-3H3/t12-/m0/s1. The minimum atomic E-state index is 0.0463. The van der Waals surface area contributed by atoms with Crippen LogP contribution in [0.3, 0.4) is 0 Å². The molecule has 18 heavy (non-hydrogen) atoms. The van der Waals surface area contributed by atoms with Crippen LogP contribution in [0.4, 0.5) is 5.82 Å². The van der Waals surface area contributed by atoms with E-state index in [-0.39, 0.29) is 6.04 Å². The third-order valence-electron chi connectivity index (χ3n) is 3.95. The highest BCUT2D eigenvalue weighted by molar-refractivity contribution is 5.48. The van der Waals surface area contributed by atoms with Gasteiger partial charge in [0.15, 0.2) is 0 Å². The van der Waals surface area contributed by atoms with Crippen molar-refractivity contribution in [3.05, 3.63) is 23.9 Å². The first-order chi connectivity index (χ1) is 8.49. The van der Waals surface area contributed by atoms with Crippen LogP contribution in [0, 0.1) is 5.41 Å². The number of nitrogens with two attached hydrogens (primary N) is 1. The molecule has 1 saturated heterocycles. The molecular weight excluding hydrogens is 222 g/mol. The van der Waals surface area contributed by atoms with Crippen LogP contribution in [0.1, 0.15) is 51.6 Å². The molecule has 1 atom stereocenters. The van der Waals surface area contributed by atoms with Crippen molar-refractivity contribution in [2.75, 3.05) is 18.0 Å². The highest BCUT2D eigenvalue weighted by Gasteiger charge is 2.24. The van der Waals surface area contributed by atoms with Gasteiger partial charge in [-0.05, 0) is 37.7 Å².